The van der Waals surface area contributed by atoms with Gasteiger partial charge in [-0.05, 0) is 72.1 Å². The lowest BCUT2D eigenvalue weighted by Gasteiger charge is -2.27. The number of aliphatic hydroxyl groups excluding tert-OH is 4. The number of hydrogen-bond donors (Lipinski definition) is 4. The Balaban J connectivity index is -0.000000254. The molecule has 0 saturated carbocycles. The number of carbonyl (C=O) groups is 1. The molecule has 0 rings (SSSR count). The number of hydrogen-bond acceptors (Lipinski definition) is 15. The molecule has 17 heteroatoms. The number of aldehydes is 1. The number of ether oxygens (including phenoxy) is 3. The Hall–Kier alpha value is 0.490. The third-order valence-electron chi connectivity index (χ3n) is 4.33. The largest absolute Gasteiger partial charge is 0.394 e. The van der Waals surface area contributed by atoms with Gasteiger partial charge in [0.15, 0.2) is 12.6 Å². The molecule has 0 aromatic heterocycles. The molecule has 0 aromatic carbocycles. The third kappa shape index (κ3) is 28.0. The van der Waals surface area contributed by atoms with Gasteiger partial charge < -0.3 is 57.5 Å². The second-order valence-electron chi connectivity index (χ2n) is 7.69. The van der Waals surface area contributed by atoms with Crippen molar-refractivity contribution in [1.82, 2.24) is 0 Å². The first-order chi connectivity index (χ1) is 19.8. The van der Waals surface area contributed by atoms with E-state index in [1.165, 1.54) is 20.0 Å². The first-order valence-electron chi connectivity index (χ1n) is 14.1. The zero-order valence-electron chi connectivity index (χ0n) is 27.0. The van der Waals surface area contributed by atoms with Crippen LogP contribution in [0.25, 0.3) is 0 Å². The van der Waals surface area contributed by atoms with E-state index in [1.807, 2.05) is 48.5 Å². The molecular weight excluding hydrogens is 634 g/mol. The molecule has 0 aliphatic heterocycles. The van der Waals surface area contributed by atoms with Gasteiger partial charge in [-0.3, -0.25) is 0 Å². The maximum Gasteiger partial charge on any atom is 0.334 e. The molecule has 4 atom stereocenters. The number of rotatable bonds is 21. The highest BCUT2D eigenvalue weighted by molar-refractivity contribution is 8.14. The van der Waals surface area contributed by atoms with Crippen LogP contribution in [0, 0.1) is 0 Å². The zero-order valence-corrected chi connectivity index (χ0v) is 30.4. The van der Waals surface area contributed by atoms with Crippen LogP contribution in [0.1, 0.15) is 75.2 Å². The van der Waals surface area contributed by atoms with Crippen molar-refractivity contribution in [2.45, 2.75) is 106 Å². The second-order valence-corrected chi connectivity index (χ2v) is 13.9. The fourth-order valence-electron chi connectivity index (χ4n) is 2.25. The van der Waals surface area contributed by atoms with Gasteiger partial charge in [0, 0.05) is 20.3 Å². The molecule has 42 heavy (non-hydrogen) atoms. The van der Waals surface area contributed by atoms with E-state index in [-0.39, 0.29) is 6.29 Å². The van der Waals surface area contributed by atoms with Gasteiger partial charge in [0.2, 0.25) is 0 Å². The van der Waals surface area contributed by atoms with E-state index in [0.717, 1.165) is 13.2 Å². The molecule has 0 bridgehead atoms. The highest BCUT2D eigenvalue weighted by Crippen LogP contribution is 2.66. The minimum Gasteiger partial charge on any atom is -0.394 e. The normalized spacial score (nSPS) is 14.3. The maximum atomic E-state index is 10.3. The quantitative estimate of drug-likeness (QED) is 0.0770. The summed E-state index contributed by atoms with van der Waals surface area (Å²) in [7, 11) is 1.18. The first-order valence-corrected chi connectivity index (χ1v) is 19.2. The predicted molar refractivity (Wildman–Crippen MR) is 171 cm³/mol. The fourth-order valence-corrected chi connectivity index (χ4v) is 8.62. The van der Waals surface area contributed by atoms with Crippen molar-refractivity contribution in [2.24, 2.45) is 0 Å². The lowest BCUT2D eigenvalue weighted by atomic mass is 10.0. The molecule has 0 fully saturated rings. The first kappa shape index (κ1) is 49.4. The van der Waals surface area contributed by atoms with Gasteiger partial charge in [-0.1, -0.05) is 26.7 Å². The maximum absolute atomic E-state index is 10.3. The van der Waals surface area contributed by atoms with E-state index >= 15 is 0 Å². The SMILES string of the molecule is CCCC.CCOC(C)OCC.CCOP(=S)(OCC)OP(=S)(OCC)OCC.CO[C@@H](C=O)[C@@H](O)[C@H](O)[C@H](O)CO. The Morgan fingerprint density at radius 2 is 1.05 bits per heavy atom. The van der Waals surface area contributed by atoms with Crippen molar-refractivity contribution in [1.29, 1.82) is 0 Å². The van der Waals surface area contributed by atoms with Crippen molar-refractivity contribution >= 4 is 43.3 Å². The number of unbranched alkanes of at least 4 members (excludes halogenated alkanes) is 1. The van der Waals surface area contributed by atoms with Gasteiger partial charge in [-0.2, -0.15) is 0 Å². The van der Waals surface area contributed by atoms with Crippen LogP contribution in [0.5, 0.6) is 0 Å². The highest BCUT2D eigenvalue weighted by atomic mass is 32.5. The molecule has 0 radical (unpaired) electrons. The molecule has 0 amide bonds. The van der Waals surface area contributed by atoms with Gasteiger partial charge in [-0.25, -0.2) is 4.31 Å². The van der Waals surface area contributed by atoms with Gasteiger partial charge in [0.1, 0.15) is 24.4 Å². The summed E-state index contributed by atoms with van der Waals surface area (Å²) >= 11 is 10.4. The van der Waals surface area contributed by atoms with E-state index in [0.29, 0.717) is 32.7 Å². The van der Waals surface area contributed by atoms with E-state index in [4.69, 9.17) is 70.8 Å². The van der Waals surface area contributed by atoms with E-state index in [2.05, 4.69) is 18.6 Å². The molecule has 0 spiro atoms. The van der Waals surface area contributed by atoms with Crippen molar-refractivity contribution in [3.05, 3.63) is 0 Å². The van der Waals surface area contributed by atoms with Gasteiger partial charge >= 0.3 is 13.4 Å². The molecule has 0 aliphatic rings. The van der Waals surface area contributed by atoms with Crippen LogP contribution < -0.4 is 0 Å². The van der Waals surface area contributed by atoms with Gasteiger partial charge in [0.25, 0.3) is 0 Å². The van der Waals surface area contributed by atoms with Crippen molar-refractivity contribution in [2.75, 3.05) is 53.4 Å². The number of carbonyl (C=O) groups excluding carboxylic acids is 1. The van der Waals surface area contributed by atoms with E-state index < -0.39 is 44.5 Å². The second kappa shape index (κ2) is 32.9. The molecule has 0 aliphatic carbocycles. The van der Waals surface area contributed by atoms with Crippen molar-refractivity contribution < 1.29 is 61.8 Å². The van der Waals surface area contributed by atoms with Gasteiger partial charge in [-0.15, -0.1) is 0 Å². The summed E-state index contributed by atoms with van der Waals surface area (Å²) in [6, 6.07) is 0. The zero-order chi connectivity index (χ0) is 33.6. The summed E-state index contributed by atoms with van der Waals surface area (Å²) in [5, 5.41) is 35.7. The molecule has 13 nitrogen and oxygen atoms in total. The smallest absolute Gasteiger partial charge is 0.334 e. The Morgan fingerprint density at radius 3 is 1.26 bits per heavy atom. The standard InChI is InChI=1S/C8H20O5P2S2.C7H14O6.C6H14O2.C4H10/c1-5-9-14(16,10-6-2)13-15(17,11-7-3)12-8-4;1-13-5(3-9)7(12)6(11)4(10)2-8;1-4-7-6(3)8-5-2;1-3-4-2/h5-8H2,1-4H3;3-8,10-12H,2H2,1H3;6H,4-5H2,1-3H3;3-4H2,1-2H3/t;4-,5+,6-,7-;;/m.1../s1. The lowest BCUT2D eigenvalue weighted by molar-refractivity contribution is -0.141. The molecule has 4 N–H and O–H groups in total. The van der Waals surface area contributed by atoms with E-state index in [9.17, 15) is 9.90 Å². The minimum atomic E-state index is -2.87. The molecular formula is C25H58O13P2S2. The Bertz CT molecular complexity index is 624. The molecule has 0 aromatic rings. The van der Waals surface area contributed by atoms with Crippen LogP contribution in [-0.4, -0.2) is 111 Å². The van der Waals surface area contributed by atoms with Crippen molar-refractivity contribution in [3.8, 4) is 0 Å². The molecule has 258 valence electrons. The van der Waals surface area contributed by atoms with Crippen LogP contribution in [0.2, 0.25) is 0 Å². The van der Waals surface area contributed by atoms with E-state index in [1.54, 1.807) is 0 Å². The topological polar surface area (TPSA) is 172 Å². The Morgan fingerprint density at radius 1 is 0.690 bits per heavy atom. The van der Waals surface area contributed by atoms with Crippen molar-refractivity contribution in [3.63, 3.8) is 0 Å². The predicted octanol–water partition coefficient (Wildman–Crippen LogP) is 4.09. The summed E-state index contributed by atoms with van der Waals surface area (Å²) < 4.78 is 41.5. The summed E-state index contributed by atoms with van der Waals surface area (Å²) in [4.78, 5) is 10.3. The van der Waals surface area contributed by atoms with Gasteiger partial charge in [0.05, 0.1) is 33.0 Å². The van der Waals surface area contributed by atoms with Crippen LogP contribution in [-0.2, 0) is 65.0 Å². The molecule has 0 unspecified atom stereocenters. The number of aliphatic hydroxyl groups is 4. The fraction of sp³-hybridized carbons (Fsp3) is 0.960. The molecule has 0 saturated heterocycles. The summed E-state index contributed by atoms with van der Waals surface area (Å²) in [6.45, 7) is 14.0. The minimum absolute atomic E-state index is 0.0370. The highest BCUT2D eigenvalue weighted by Gasteiger charge is 2.32. The Labute approximate surface area is 264 Å². The van der Waals surface area contributed by atoms with Crippen LogP contribution in [0.4, 0.5) is 0 Å². The summed E-state index contributed by atoms with van der Waals surface area (Å²) in [5.74, 6) is 0. The van der Waals surface area contributed by atoms with Crippen LogP contribution in [0.15, 0.2) is 0 Å². The average Bonchev–Trinajstić information content (AvgIpc) is 2.94. The van der Waals surface area contributed by atoms with Crippen LogP contribution >= 0.6 is 13.4 Å². The monoisotopic (exact) mass is 692 g/mol. The lowest BCUT2D eigenvalue weighted by Crippen LogP contribution is -2.47. The third-order valence-corrected chi connectivity index (χ3v) is 10.7. The average molecular weight is 693 g/mol. The molecule has 0 heterocycles. The summed E-state index contributed by atoms with van der Waals surface area (Å²) in [5.41, 5.74) is 0. The van der Waals surface area contributed by atoms with Crippen LogP contribution in [0.3, 0.4) is 0 Å². The Kier molecular flexibility index (Phi) is 38.6. The number of methoxy groups -OCH3 is 1. The summed E-state index contributed by atoms with van der Waals surface area (Å²) in [6.07, 6.45) is -2.96.